The molecule has 3 unspecified atom stereocenters. The number of rotatable bonds is 4. The van der Waals surface area contributed by atoms with Crippen molar-refractivity contribution in [2.75, 3.05) is 38.5 Å². The summed E-state index contributed by atoms with van der Waals surface area (Å²) in [4.78, 5) is 2.11. The second-order valence-corrected chi connectivity index (χ2v) is 6.75. The highest BCUT2D eigenvalue weighted by Crippen LogP contribution is 2.44. The Morgan fingerprint density at radius 2 is 2.12 bits per heavy atom. The molecule has 4 nitrogen and oxygen atoms in total. The highest BCUT2D eigenvalue weighted by Gasteiger charge is 2.39. The van der Waals surface area contributed by atoms with Crippen molar-refractivity contribution < 1.29 is 17.9 Å². The number of benzene rings is 1. The van der Waals surface area contributed by atoms with Gasteiger partial charge in [0.1, 0.15) is 0 Å². The number of nitrogens with one attached hydrogen (secondary N) is 1. The minimum Gasteiger partial charge on any atom is -0.384 e. The first kappa shape index (κ1) is 17.5. The van der Waals surface area contributed by atoms with Crippen LogP contribution in [0.1, 0.15) is 30.1 Å². The summed E-state index contributed by atoms with van der Waals surface area (Å²) < 4.78 is 45.3. The van der Waals surface area contributed by atoms with Crippen molar-refractivity contribution in [1.82, 2.24) is 4.90 Å². The SMILES string of the molecule is CN(CCN)CC1CCC2CNc3ccc(C(F)(F)F)cc3C2O1. The van der Waals surface area contributed by atoms with Crippen LogP contribution in [0, 0.1) is 5.92 Å². The van der Waals surface area contributed by atoms with Gasteiger partial charge in [0, 0.05) is 43.3 Å². The van der Waals surface area contributed by atoms with E-state index in [1.807, 2.05) is 7.05 Å². The molecule has 0 aromatic heterocycles. The minimum atomic E-state index is -4.34. The molecule has 134 valence electrons. The number of likely N-dealkylation sites (N-methyl/N-ethyl adjacent to an activating group) is 1. The molecule has 0 amide bonds. The van der Waals surface area contributed by atoms with E-state index < -0.39 is 11.7 Å². The Labute approximate surface area is 140 Å². The highest BCUT2D eigenvalue weighted by atomic mass is 19.4. The van der Waals surface area contributed by atoms with E-state index in [4.69, 9.17) is 10.5 Å². The molecule has 0 saturated carbocycles. The summed E-state index contributed by atoms with van der Waals surface area (Å²) >= 11 is 0. The lowest BCUT2D eigenvalue weighted by Crippen LogP contribution is -2.42. The lowest BCUT2D eigenvalue weighted by Gasteiger charge is -2.42. The molecule has 3 N–H and O–H groups in total. The molecule has 24 heavy (non-hydrogen) atoms. The molecule has 0 aliphatic carbocycles. The summed E-state index contributed by atoms with van der Waals surface area (Å²) in [5.41, 5.74) is 6.33. The Morgan fingerprint density at radius 3 is 2.83 bits per heavy atom. The van der Waals surface area contributed by atoms with Crippen molar-refractivity contribution in [3.05, 3.63) is 29.3 Å². The lowest BCUT2D eigenvalue weighted by molar-refractivity contribution is -0.138. The monoisotopic (exact) mass is 343 g/mol. The molecule has 2 heterocycles. The van der Waals surface area contributed by atoms with Crippen LogP contribution in [-0.4, -0.2) is 44.2 Å². The van der Waals surface area contributed by atoms with Crippen molar-refractivity contribution in [3.63, 3.8) is 0 Å². The summed E-state index contributed by atoms with van der Waals surface area (Å²) in [5, 5.41) is 3.24. The molecule has 0 spiro atoms. The fourth-order valence-corrected chi connectivity index (χ4v) is 3.64. The number of hydrogen-bond donors (Lipinski definition) is 2. The van der Waals surface area contributed by atoms with Crippen LogP contribution in [-0.2, 0) is 10.9 Å². The first-order valence-electron chi connectivity index (χ1n) is 8.37. The van der Waals surface area contributed by atoms with Crippen LogP contribution in [0.3, 0.4) is 0 Å². The molecular weight excluding hydrogens is 319 g/mol. The molecule has 0 radical (unpaired) electrons. The van der Waals surface area contributed by atoms with E-state index in [1.165, 1.54) is 12.1 Å². The number of ether oxygens (including phenoxy) is 1. The van der Waals surface area contributed by atoms with Gasteiger partial charge in [-0.05, 0) is 38.1 Å². The minimum absolute atomic E-state index is 0.0308. The Hall–Kier alpha value is -1.31. The third kappa shape index (κ3) is 3.68. The van der Waals surface area contributed by atoms with Gasteiger partial charge in [0.25, 0.3) is 0 Å². The van der Waals surface area contributed by atoms with Crippen molar-refractivity contribution >= 4 is 5.69 Å². The van der Waals surface area contributed by atoms with E-state index in [0.717, 1.165) is 44.2 Å². The number of alkyl halides is 3. The maximum absolute atomic E-state index is 13.0. The number of nitrogens with two attached hydrogens (primary N) is 1. The zero-order valence-electron chi connectivity index (χ0n) is 13.8. The smallest absolute Gasteiger partial charge is 0.384 e. The summed E-state index contributed by atoms with van der Waals surface area (Å²) in [6.07, 6.45) is -2.70. The van der Waals surface area contributed by atoms with Gasteiger partial charge >= 0.3 is 6.18 Å². The van der Waals surface area contributed by atoms with Crippen molar-refractivity contribution in [2.45, 2.75) is 31.2 Å². The molecule has 2 aliphatic heterocycles. The van der Waals surface area contributed by atoms with Crippen LogP contribution in [0.2, 0.25) is 0 Å². The van der Waals surface area contributed by atoms with Gasteiger partial charge in [0.15, 0.2) is 0 Å². The standard InChI is InChI=1S/C17H24F3N3O/c1-23(7-6-21)10-13-4-2-11-9-22-15-5-3-12(17(18,19)20)8-14(15)16(11)24-13/h3,5,8,11,13,16,22H,2,4,6-7,9-10,21H2,1H3. The number of fused-ring (bicyclic) bond motifs is 3. The van der Waals surface area contributed by atoms with E-state index in [2.05, 4.69) is 10.2 Å². The van der Waals surface area contributed by atoms with Crippen LogP contribution in [0.5, 0.6) is 0 Å². The molecule has 1 aromatic rings. The Kier molecular flexibility index (Phi) is 5.03. The molecule has 3 rings (SSSR count). The van der Waals surface area contributed by atoms with Gasteiger partial charge in [-0.2, -0.15) is 13.2 Å². The van der Waals surface area contributed by atoms with Crippen LogP contribution in [0.25, 0.3) is 0 Å². The molecule has 1 aromatic carbocycles. The van der Waals surface area contributed by atoms with Gasteiger partial charge in [-0.3, -0.25) is 0 Å². The second-order valence-electron chi connectivity index (χ2n) is 6.75. The van der Waals surface area contributed by atoms with Gasteiger partial charge in [-0.1, -0.05) is 0 Å². The average Bonchev–Trinajstić information content (AvgIpc) is 2.53. The molecule has 2 aliphatic rings. The number of halogens is 3. The molecule has 1 saturated heterocycles. The van der Waals surface area contributed by atoms with Gasteiger partial charge in [0.05, 0.1) is 17.8 Å². The van der Waals surface area contributed by atoms with Crippen LogP contribution < -0.4 is 11.1 Å². The van der Waals surface area contributed by atoms with Gasteiger partial charge < -0.3 is 20.7 Å². The molecule has 7 heteroatoms. The van der Waals surface area contributed by atoms with Gasteiger partial charge in [-0.15, -0.1) is 0 Å². The molecule has 0 bridgehead atoms. The van der Waals surface area contributed by atoms with Crippen molar-refractivity contribution in [2.24, 2.45) is 11.7 Å². The first-order valence-corrected chi connectivity index (χ1v) is 8.37. The zero-order valence-corrected chi connectivity index (χ0v) is 13.8. The van der Waals surface area contributed by atoms with Crippen molar-refractivity contribution in [3.8, 4) is 0 Å². The fraction of sp³-hybridized carbons (Fsp3) is 0.647. The Balaban J connectivity index is 1.79. The van der Waals surface area contributed by atoms with E-state index >= 15 is 0 Å². The van der Waals surface area contributed by atoms with Crippen LogP contribution >= 0.6 is 0 Å². The largest absolute Gasteiger partial charge is 0.416 e. The maximum atomic E-state index is 13.0. The molecular formula is C17H24F3N3O. The van der Waals surface area contributed by atoms with E-state index in [0.29, 0.717) is 12.1 Å². The predicted octanol–water partition coefficient (Wildman–Crippen LogP) is 2.86. The van der Waals surface area contributed by atoms with Crippen LogP contribution in [0.15, 0.2) is 18.2 Å². The highest BCUT2D eigenvalue weighted by molar-refractivity contribution is 5.56. The summed E-state index contributed by atoms with van der Waals surface area (Å²) in [5.74, 6) is 0.219. The summed E-state index contributed by atoms with van der Waals surface area (Å²) in [6, 6.07) is 3.88. The van der Waals surface area contributed by atoms with E-state index in [1.54, 1.807) is 0 Å². The summed E-state index contributed by atoms with van der Waals surface area (Å²) in [6.45, 7) is 2.86. The Morgan fingerprint density at radius 1 is 1.33 bits per heavy atom. The molecule has 3 atom stereocenters. The first-order chi connectivity index (χ1) is 11.4. The van der Waals surface area contributed by atoms with E-state index in [-0.39, 0.29) is 18.1 Å². The second kappa shape index (κ2) is 6.90. The average molecular weight is 343 g/mol. The topological polar surface area (TPSA) is 50.5 Å². The predicted molar refractivity (Wildman–Crippen MR) is 86.8 cm³/mol. The zero-order chi connectivity index (χ0) is 17.3. The lowest BCUT2D eigenvalue weighted by atomic mass is 9.83. The van der Waals surface area contributed by atoms with Crippen LogP contribution in [0.4, 0.5) is 18.9 Å². The summed E-state index contributed by atoms with van der Waals surface area (Å²) in [7, 11) is 1.99. The fourth-order valence-electron chi connectivity index (χ4n) is 3.64. The molecule has 1 fully saturated rings. The maximum Gasteiger partial charge on any atom is 0.416 e. The third-order valence-electron chi connectivity index (χ3n) is 4.89. The van der Waals surface area contributed by atoms with Gasteiger partial charge in [0.2, 0.25) is 0 Å². The van der Waals surface area contributed by atoms with E-state index in [9.17, 15) is 13.2 Å². The van der Waals surface area contributed by atoms with Gasteiger partial charge in [-0.25, -0.2) is 0 Å². The number of nitrogens with zero attached hydrogens (tertiary/aromatic N) is 1. The third-order valence-corrected chi connectivity index (χ3v) is 4.89. The quantitative estimate of drug-likeness (QED) is 0.883. The van der Waals surface area contributed by atoms with Crippen molar-refractivity contribution in [1.29, 1.82) is 0 Å². The Bertz CT molecular complexity index is 579. The number of hydrogen-bond acceptors (Lipinski definition) is 4. The normalized spacial score (nSPS) is 26.7. The number of anilines is 1.